The van der Waals surface area contributed by atoms with Crippen LogP contribution in [0.5, 0.6) is 5.75 Å². The van der Waals surface area contributed by atoms with Crippen LogP contribution in [-0.4, -0.2) is 39.1 Å². The van der Waals surface area contributed by atoms with E-state index in [1.165, 1.54) is 30.2 Å². The van der Waals surface area contributed by atoms with Gasteiger partial charge in [-0.2, -0.15) is 0 Å². The summed E-state index contributed by atoms with van der Waals surface area (Å²) in [6, 6.07) is 12.9. The van der Waals surface area contributed by atoms with Gasteiger partial charge in [0, 0.05) is 48.8 Å². The number of halogens is 1. The summed E-state index contributed by atoms with van der Waals surface area (Å²) in [4.78, 5) is 41.0. The van der Waals surface area contributed by atoms with E-state index < -0.39 is 0 Å². The number of nitrogens with zero attached hydrogens (tertiary/aromatic N) is 3. The average Bonchev–Trinajstić information content (AvgIpc) is 2.92. The van der Waals surface area contributed by atoms with Crippen LogP contribution in [0.25, 0.3) is 0 Å². The molecule has 11 heteroatoms. The number of benzene rings is 2. The summed E-state index contributed by atoms with van der Waals surface area (Å²) in [7, 11) is 0. The molecule has 2 aromatic carbocycles. The standard InChI is InChI=1S/C27H27FN6O3S/c1-2-37-22-9-7-21(8-10-22)32-26(36)31-12-11-24-23(13-19-14-29-17-30-15-19)25(35)34-27(33-24)38-16-18-3-5-20(28)6-4-18/h3-10,14-15,17H,2,11-13,16H2,1H3,(H2,31,32,36)(H,33,34,35). The minimum atomic E-state index is -0.372. The van der Waals surface area contributed by atoms with E-state index >= 15 is 0 Å². The number of nitrogens with one attached hydrogen (secondary N) is 3. The molecule has 38 heavy (non-hydrogen) atoms. The Labute approximate surface area is 223 Å². The summed E-state index contributed by atoms with van der Waals surface area (Å²) in [6.45, 7) is 2.73. The number of carbonyl (C=O) groups excluding carboxylic acids is 1. The number of hydrogen-bond acceptors (Lipinski definition) is 7. The van der Waals surface area contributed by atoms with E-state index in [4.69, 9.17) is 4.74 Å². The van der Waals surface area contributed by atoms with Gasteiger partial charge in [0.05, 0.1) is 12.3 Å². The van der Waals surface area contributed by atoms with Crippen molar-refractivity contribution in [2.45, 2.75) is 30.7 Å². The number of anilines is 1. The molecule has 0 saturated heterocycles. The number of aromatic amines is 1. The third-order valence-electron chi connectivity index (χ3n) is 5.43. The molecule has 3 N–H and O–H groups in total. The molecule has 0 atom stereocenters. The van der Waals surface area contributed by atoms with Gasteiger partial charge in [0.1, 0.15) is 17.9 Å². The number of carbonyl (C=O) groups is 1. The van der Waals surface area contributed by atoms with Crippen LogP contribution >= 0.6 is 11.8 Å². The molecule has 4 rings (SSSR count). The first-order chi connectivity index (χ1) is 18.5. The molecular weight excluding hydrogens is 507 g/mol. The van der Waals surface area contributed by atoms with E-state index in [2.05, 4.69) is 30.6 Å². The second kappa shape index (κ2) is 13.3. The monoisotopic (exact) mass is 534 g/mol. The molecule has 0 spiro atoms. The molecule has 0 bridgehead atoms. The first kappa shape index (κ1) is 26.8. The predicted octanol–water partition coefficient (Wildman–Crippen LogP) is 4.35. The van der Waals surface area contributed by atoms with Crippen molar-refractivity contribution in [3.05, 3.63) is 106 Å². The fraction of sp³-hybridized carbons (Fsp3) is 0.222. The minimum absolute atomic E-state index is 0.264. The van der Waals surface area contributed by atoms with Crippen molar-refractivity contribution in [1.82, 2.24) is 25.3 Å². The van der Waals surface area contributed by atoms with Crippen LogP contribution in [-0.2, 0) is 18.6 Å². The van der Waals surface area contributed by atoms with Crippen molar-refractivity contribution >= 4 is 23.5 Å². The molecule has 0 aliphatic heterocycles. The second-order valence-electron chi connectivity index (χ2n) is 8.22. The highest BCUT2D eigenvalue weighted by molar-refractivity contribution is 7.98. The highest BCUT2D eigenvalue weighted by Crippen LogP contribution is 2.20. The van der Waals surface area contributed by atoms with Gasteiger partial charge in [0.15, 0.2) is 5.16 Å². The summed E-state index contributed by atoms with van der Waals surface area (Å²) >= 11 is 1.35. The van der Waals surface area contributed by atoms with Crippen molar-refractivity contribution in [3.8, 4) is 5.75 Å². The normalized spacial score (nSPS) is 10.7. The number of hydrogen-bond donors (Lipinski definition) is 3. The highest BCUT2D eigenvalue weighted by atomic mass is 32.2. The Bertz CT molecular complexity index is 1400. The van der Waals surface area contributed by atoms with Gasteiger partial charge in [-0.15, -0.1) is 0 Å². The van der Waals surface area contributed by atoms with Crippen LogP contribution in [0.4, 0.5) is 14.9 Å². The Morgan fingerprint density at radius 2 is 1.79 bits per heavy atom. The topological polar surface area (TPSA) is 122 Å². The van der Waals surface area contributed by atoms with Crippen LogP contribution in [0.1, 0.15) is 29.3 Å². The number of urea groups is 1. The van der Waals surface area contributed by atoms with Crippen LogP contribution in [0.3, 0.4) is 0 Å². The predicted molar refractivity (Wildman–Crippen MR) is 144 cm³/mol. The molecule has 0 unspecified atom stereocenters. The zero-order valence-electron chi connectivity index (χ0n) is 20.7. The molecule has 4 aromatic rings. The number of ether oxygens (including phenoxy) is 1. The second-order valence-corrected chi connectivity index (χ2v) is 9.19. The van der Waals surface area contributed by atoms with Crippen molar-refractivity contribution < 1.29 is 13.9 Å². The number of rotatable bonds is 11. The molecule has 0 fully saturated rings. The Morgan fingerprint density at radius 1 is 1.05 bits per heavy atom. The van der Waals surface area contributed by atoms with Gasteiger partial charge in [0.2, 0.25) is 0 Å². The first-order valence-electron chi connectivity index (χ1n) is 12.0. The molecule has 9 nitrogen and oxygen atoms in total. The van der Waals surface area contributed by atoms with E-state index in [0.717, 1.165) is 16.9 Å². The smallest absolute Gasteiger partial charge is 0.319 e. The number of thioether (sulfide) groups is 1. The van der Waals surface area contributed by atoms with Crippen LogP contribution in [0, 0.1) is 5.82 Å². The lowest BCUT2D eigenvalue weighted by molar-refractivity contribution is 0.252. The van der Waals surface area contributed by atoms with Crippen molar-refractivity contribution in [2.24, 2.45) is 0 Å². The Kier molecular flexibility index (Phi) is 9.41. The first-order valence-corrected chi connectivity index (χ1v) is 13.0. The molecule has 0 aliphatic rings. The van der Waals surface area contributed by atoms with Gasteiger partial charge in [-0.1, -0.05) is 23.9 Å². The molecule has 0 saturated carbocycles. The third kappa shape index (κ3) is 7.87. The van der Waals surface area contributed by atoms with Gasteiger partial charge in [-0.05, 0) is 54.4 Å². The lowest BCUT2D eigenvalue weighted by Crippen LogP contribution is -2.31. The van der Waals surface area contributed by atoms with Gasteiger partial charge in [-0.25, -0.2) is 24.1 Å². The fourth-order valence-electron chi connectivity index (χ4n) is 3.61. The van der Waals surface area contributed by atoms with Crippen LogP contribution in [0.15, 0.2) is 77.2 Å². The zero-order chi connectivity index (χ0) is 26.7. The Morgan fingerprint density at radius 3 is 2.50 bits per heavy atom. The Hall–Kier alpha value is -4.25. The van der Waals surface area contributed by atoms with Crippen LogP contribution in [0.2, 0.25) is 0 Å². The lowest BCUT2D eigenvalue weighted by atomic mass is 10.1. The van der Waals surface area contributed by atoms with E-state index in [1.807, 2.05) is 6.92 Å². The average molecular weight is 535 g/mol. The van der Waals surface area contributed by atoms with Gasteiger partial charge >= 0.3 is 6.03 Å². The molecular formula is C27H27FN6O3S. The molecule has 0 radical (unpaired) electrons. The number of amides is 2. The van der Waals surface area contributed by atoms with Gasteiger partial charge in [0.25, 0.3) is 5.56 Å². The number of H-pyrrole nitrogens is 1. The van der Waals surface area contributed by atoms with Crippen molar-refractivity contribution in [3.63, 3.8) is 0 Å². The van der Waals surface area contributed by atoms with Crippen molar-refractivity contribution in [2.75, 3.05) is 18.5 Å². The van der Waals surface area contributed by atoms with Crippen molar-refractivity contribution in [1.29, 1.82) is 0 Å². The lowest BCUT2D eigenvalue weighted by Gasteiger charge is -2.12. The summed E-state index contributed by atoms with van der Waals surface area (Å²) in [5, 5.41) is 6.03. The maximum atomic E-state index is 13.2. The largest absolute Gasteiger partial charge is 0.494 e. The maximum absolute atomic E-state index is 13.2. The van der Waals surface area contributed by atoms with E-state index in [-0.39, 0.29) is 24.0 Å². The van der Waals surface area contributed by atoms with E-state index in [1.54, 1.807) is 48.8 Å². The SMILES string of the molecule is CCOc1ccc(NC(=O)NCCc2nc(SCc3ccc(F)cc3)[nH]c(=O)c2Cc2cncnc2)cc1. The van der Waals surface area contributed by atoms with E-state index in [9.17, 15) is 14.0 Å². The zero-order valence-corrected chi connectivity index (χ0v) is 21.6. The molecule has 2 heterocycles. The fourth-order valence-corrected chi connectivity index (χ4v) is 4.44. The number of aromatic nitrogens is 4. The quantitative estimate of drug-likeness (QED) is 0.193. The summed E-state index contributed by atoms with van der Waals surface area (Å²) < 4.78 is 18.6. The maximum Gasteiger partial charge on any atom is 0.319 e. The van der Waals surface area contributed by atoms with Crippen LogP contribution < -0.4 is 20.9 Å². The molecule has 2 aromatic heterocycles. The van der Waals surface area contributed by atoms with E-state index in [0.29, 0.717) is 47.3 Å². The summed E-state index contributed by atoms with van der Waals surface area (Å²) in [6.07, 6.45) is 5.37. The Balaban J connectivity index is 1.43. The molecule has 196 valence electrons. The highest BCUT2D eigenvalue weighted by Gasteiger charge is 2.14. The van der Waals surface area contributed by atoms with Gasteiger partial charge in [-0.3, -0.25) is 4.79 Å². The summed E-state index contributed by atoms with van der Waals surface area (Å²) in [5.41, 5.74) is 3.09. The minimum Gasteiger partial charge on any atom is -0.494 e. The molecule has 2 amide bonds. The van der Waals surface area contributed by atoms with Gasteiger partial charge < -0.3 is 20.4 Å². The third-order valence-corrected chi connectivity index (χ3v) is 6.38. The summed E-state index contributed by atoms with van der Waals surface area (Å²) in [5.74, 6) is 0.932. The molecule has 0 aliphatic carbocycles.